The maximum absolute atomic E-state index is 12.8. The first-order valence-electron chi connectivity index (χ1n) is 10.9. The molecule has 170 valence electrons. The highest BCUT2D eigenvalue weighted by Gasteiger charge is 2.35. The molecule has 2 N–H and O–H groups in total. The molecular weight excluding hydrogens is 410 g/mol. The smallest absolute Gasteiger partial charge is 0.410 e. The predicted molar refractivity (Wildman–Crippen MR) is 118 cm³/mol. The summed E-state index contributed by atoms with van der Waals surface area (Å²) in [5.74, 6) is -0.174. The Morgan fingerprint density at radius 2 is 2.00 bits per heavy atom. The van der Waals surface area contributed by atoms with E-state index in [0.717, 1.165) is 16.8 Å². The summed E-state index contributed by atoms with van der Waals surface area (Å²) in [6.07, 6.45) is 0.383. The summed E-state index contributed by atoms with van der Waals surface area (Å²) in [6.45, 7) is 7.22. The van der Waals surface area contributed by atoms with E-state index in [9.17, 15) is 14.4 Å². The Morgan fingerprint density at radius 1 is 1.25 bits per heavy atom. The van der Waals surface area contributed by atoms with E-state index >= 15 is 0 Å². The van der Waals surface area contributed by atoms with Crippen LogP contribution in [0.1, 0.15) is 44.0 Å². The van der Waals surface area contributed by atoms with Crippen LogP contribution in [0.5, 0.6) is 0 Å². The van der Waals surface area contributed by atoms with Crippen molar-refractivity contribution < 1.29 is 19.1 Å². The number of carbonyl (C=O) groups is 3. The Morgan fingerprint density at radius 3 is 2.72 bits per heavy atom. The van der Waals surface area contributed by atoms with Gasteiger partial charge < -0.3 is 19.9 Å². The zero-order valence-corrected chi connectivity index (χ0v) is 18.7. The number of aromatic nitrogens is 2. The first-order chi connectivity index (χ1) is 15.2. The summed E-state index contributed by atoms with van der Waals surface area (Å²) in [4.78, 5) is 40.9. The second-order valence-corrected chi connectivity index (χ2v) is 9.33. The molecule has 0 radical (unpaired) electrons. The number of H-pyrrole nitrogens is 1. The van der Waals surface area contributed by atoms with Gasteiger partial charge in [0.05, 0.1) is 18.2 Å². The number of fused-ring (bicyclic) bond motifs is 1. The van der Waals surface area contributed by atoms with Gasteiger partial charge in [0.25, 0.3) is 0 Å². The average Bonchev–Trinajstić information content (AvgIpc) is 3.31. The first kappa shape index (κ1) is 21.9. The largest absolute Gasteiger partial charge is 0.444 e. The summed E-state index contributed by atoms with van der Waals surface area (Å²) >= 11 is 0. The zero-order valence-electron chi connectivity index (χ0n) is 18.7. The van der Waals surface area contributed by atoms with Crippen LogP contribution in [0.25, 0.3) is 0 Å². The predicted octanol–water partition coefficient (Wildman–Crippen LogP) is 2.69. The minimum Gasteiger partial charge on any atom is -0.444 e. The third kappa shape index (κ3) is 4.92. The summed E-state index contributed by atoms with van der Waals surface area (Å²) in [5.41, 5.74) is 2.16. The molecule has 32 heavy (non-hydrogen) atoms. The molecule has 2 aliphatic heterocycles. The first-order valence-corrected chi connectivity index (χ1v) is 10.9. The number of nitrogens with zero attached hydrogens (tertiary/aromatic N) is 3. The van der Waals surface area contributed by atoms with Crippen molar-refractivity contribution in [2.24, 2.45) is 5.92 Å². The number of likely N-dealkylation sites (tertiary alicyclic amines) is 1. The molecule has 2 aliphatic rings. The third-order valence-corrected chi connectivity index (χ3v) is 5.63. The average molecular weight is 440 g/mol. The molecule has 2 aromatic rings. The normalized spacial score (nSPS) is 18.5. The molecule has 1 saturated heterocycles. The lowest BCUT2D eigenvalue weighted by Gasteiger charge is -2.29. The van der Waals surface area contributed by atoms with Crippen LogP contribution in [0.3, 0.4) is 0 Å². The van der Waals surface area contributed by atoms with Crippen LogP contribution in [-0.4, -0.2) is 56.6 Å². The van der Waals surface area contributed by atoms with Crippen molar-refractivity contribution in [2.75, 3.05) is 18.4 Å². The van der Waals surface area contributed by atoms with Gasteiger partial charge in [-0.15, -0.1) is 0 Å². The number of anilines is 1. The quantitative estimate of drug-likeness (QED) is 0.762. The van der Waals surface area contributed by atoms with Crippen LogP contribution in [0.2, 0.25) is 0 Å². The van der Waals surface area contributed by atoms with Gasteiger partial charge in [-0.2, -0.15) is 5.10 Å². The minimum atomic E-state index is -0.558. The fraction of sp³-hybridized carbons (Fsp3) is 0.478. The van der Waals surface area contributed by atoms with Gasteiger partial charge in [0.2, 0.25) is 11.8 Å². The number of hydrogen-bond acceptors (Lipinski definition) is 5. The van der Waals surface area contributed by atoms with E-state index in [0.29, 0.717) is 38.4 Å². The number of amides is 3. The number of benzene rings is 1. The molecule has 1 unspecified atom stereocenters. The van der Waals surface area contributed by atoms with E-state index < -0.39 is 11.5 Å². The van der Waals surface area contributed by atoms with Gasteiger partial charge in [-0.05, 0) is 32.8 Å². The zero-order chi connectivity index (χ0) is 22.9. The van der Waals surface area contributed by atoms with Gasteiger partial charge in [-0.1, -0.05) is 30.3 Å². The van der Waals surface area contributed by atoms with Gasteiger partial charge in [0, 0.05) is 31.6 Å². The molecule has 0 spiro atoms. The Hall–Kier alpha value is -3.36. The van der Waals surface area contributed by atoms with Crippen molar-refractivity contribution in [2.45, 2.75) is 52.3 Å². The number of aromatic amines is 1. The lowest BCUT2D eigenvalue weighted by Crippen LogP contribution is -2.40. The lowest BCUT2D eigenvalue weighted by molar-refractivity contribution is -0.128. The fourth-order valence-electron chi connectivity index (χ4n) is 4.03. The summed E-state index contributed by atoms with van der Waals surface area (Å²) in [5, 5.41) is 10.1. The standard InChI is InChI=1S/C23H29N5O4/c1-23(2,3)32-22(31)27-10-9-17-18(14-27)25-26-20(17)24-21(30)16-11-19(29)28(13-16)12-15-7-5-4-6-8-15/h4-8,16H,9-14H2,1-3H3,(H2,24,25,26,30). The molecule has 3 heterocycles. The van der Waals surface area contributed by atoms with Crippen molar-refractivity contribution in [1.29, 1.82) is 0 Å². The molecule has 1 fully saturated rings. The monoisotopic (exact) mass is 439 g/mol. The fourth-order valence-corrected chi connectivity index (χ4v) is 4.03. The maximum Gasteiger partial charge on any atom is 0.410 e. The number of nitrogens with one attached hydrogen (secondary N) is 2. The molecular formula is C23H29N5O4. The van der Waals surface area contributed by atoms with Gasteiger partial charge >= 0.3 is 6.09 Å². The van der Waals surface area contributed by atoms with Crippen molar-refractivity contribution in [3.63, 3.8) is 0 Å². The van der Waals surface area contributed by atoms with Crippen molar-refractivity contribution in [3.8, 4) is 0 Å². The summed E-state index contributed by atoms with van der Waals surface area (Å²) < 4.78 is 5.44. The maximum atomic E-state index is 12.8. The number of carbonyl (C=O) groups excluding carboxylic acids is 3. The van der Waals surface area contributed by atoms with Gasteiger partial charge in [-0.25, -0.2) is 4.79 Å². The molecule has 0 saturated carbocycles. The number of rotatable bonds is 4. The van der Waals surface area contributed by atoms with Crippen LogP contribution >= 0.6 is 0 Å². The van der Waals surface area contributed by atoms with Crippen molar-refractivity contribution in [1.82, 2.24) is 20.0 Å². The topological polar surface area (TPSA) is 108 Å². The van der Waals surface area contributed by atoms with Crippen LogP contribution in [0, 0.1) is 5.92 Å². The number of ether oxygens (including phenoxy) is 1. The highest BCUT2D eigenvalue weighted by atomic mass is 16.6. The summed E-state index contributed by atoms with van der Waals surface area (Å²) in [7, 11) is 0. The molecule has 9 nitrogen and oxygen atoms in total. The lowest BCUT2D eigenvalue weighted by atomic mass is 10.1. The Kier molecular flexibility index (Phi) is 5.90. The molecule has 0 aliphatic carbocycles. The molecule has 1 aromatic heterocycles. The van der Waals surface area contributed by atoms with E-state index in [1.807, 2.05) is 51.1 Å². The Bertz CT molecular complexity index is 1010. The molecule has 3 amide bonds. The second-order valence-electron chi connectivity index (χ2n) is 9.33. The minimum absolute atomic E-state index is 0.0222. The van der Waals surface area contributed by atoms with E-state index in [1.54, 1.807) is 9.80 Å². The van der Waals surface area contributed by atoms with E-state index in [-0.39, 0.29) is 24.3 Å². The SMILES string of the molecule is CC(C)(C)OC(=O)N1CCc2c(NC(=O)C3CC(=O)N(Cc4ccccc4)C3)n[nH]c2C1. The second kappa shape index (κ2) is 8.64. The van der Waals surface area contributed by atoms with Crippen LogP contribution in [-0.2, 0) is 33.8 Å². The highest BCUT2D eigenvalue weighted by Crippen LogP contribution is 2.27. The Labute approximate surface area is 187 Å². The van der Waals surface area contributed by atoms with Crippen molar-refractivity contribution in [3.05, 3.63) is 47.2 Å². The van der Waals surface area contributed by atoms with Gasteiger partial charge in [-0.3, -0.25) is 14.7 Å². The van der Waals surface area contributed by atoms with Crippen LogP contribution in [0.15, 0.2) is 30.3 Å². The highest BCUT2D eigenvalue weighted by molar-refractivity contribution is 5.97. The van der Waals surface area contributed by atoms with Crippen molar-refractivity contribution >= 4 is 23.7 Å². The van der Waals surface area contributed by atoms with E-state index in [2.05, 4.69) is 15.5 Å². The molecule has 1 atom stereocenters. The van der Waals surface area contributed by atoms with Crippen LogP contribution < -0.4 is 5.32 Å². The Balaban J connectivity index is 1.35. The van der Waals surface area contributed by atoms with E-state index in [4.69, 9.17) is 4.74 Å². The van der Waals surface area contributed by atoms with E-state index in [1.165, 1.54) is 0 Å². The van der Waals surface area contributed by atoms with Crippen LogP contribution in [0.4, 0.5) is 10.6 Å². The summed E-state index contributed by atoms with van der Waals surface area (Å²) in [6, 6.07) is 9.74. The van der Waals surface area contributed by atoms with Gasteiger partial charge in [0.15, 0.2) is 5.82 Å². The molecule has 1 aromatic carbocycles. The molecule has 4 rings (SSSR count). The molecule has 0 bridgehead atoms. The molecule has 9 heteroatoms. The third-order valence-electron chi connectivity index (χ3n) is 5.63. The number of hydrogen-bond donors (Lipinski definition) is 2. The van der Waals surface area contributed by atoms with Gasteiger partial charge in [0.1, 0.15) is 5.60 Å².